The molecule has 1 fully saturated rings. The molecule has 0 radical (unpaired) electrons. The first-order valence-electron chi connectivity index (χ1n) is 7.47. The Bertz CT molecular complexity index is 691. The number of nitrogens with two attached hydrogens (primary N) is 1. The summed E-state index contributed by atoms with van der Waals surface area (Å²) in [5.41, 5.74) is 6.56. The molecule has 1 atom stereocenters. The van der Waals surface area contributed by atoms with Gasteiger partial charge in [0.1, 0.15) is 11.6 Å². The molecule has 1 unspecified atom stereocenters. The summed E-state index contributed by atoms with van der Waals surface area (Å²) in [6, 6.07) is 8.09. The highest BCUT2D eigenvalue weighted by Gasteiger charge is 2.29. The van der Waals surface area contributed by atoms with Crippen molar-refractivity contribution < 1.29 is 9.18 Å². The van der Waals surface area contributed by atoms with Gasteiger partial charge in [0.25, 0.3) is 0 Å². The van der Waals surface area contributed by atoms with Crippen LogP contribution in [0.3, 0.4) is 0 Å². The molecule has 0 spiro atoms. The molecule has 1 aliphatic heterocycles. The topological polar surface area (TPSA) is 84.1 Å². The Kier molecular flexibility index (Phi) is 4.36. The van der Waals surface area contributed by atoms with Crippen LogP contribution in [0.1, 0.15) is 12.0 Å². The molecule has 6 nitrogen and oxygen atoms in total. The Balaban J connectivity index is 1.54. The summed E-state index contributed by atoms with van der Waals surface area (Å²) in [5, 5.41) is 3.20. The summed E-state index contributed by atoms with van der Waals surface area (Å²) >= 11 is 0. The maximum atomic E-state index is 12.9. The van der Waals surface area contributed by atoms with Gasteiger partial charge >= 0.3 is 0 Å². The molecule has 3 rings (SSSR count). The molecular weight excluding hydrogens is 297 g/mol. The predicted octanol–water partition coefficient (Wildman–Crippen LogP) is 1.45. The van der Waals surface area contributed by atoms with Gasteiger partial charge in [-0.2, -0.15) is 4.98 Å². The molecule has 23 heavy (non-hydrogen) atoms. The van der Waals surface area contributed by atoms with Crippen molar-refractivity contribution in [2.75, 3.05) is 24.1 Å². The summed E-state index contributed by atoms with van der Waals surface area (Å²) in [7, 11) is 0. The Morgan fingerprint density at radius 3 is 2.83 bits per heavy atom. The molecule has 0 saturated carbocycles. The maximum absolute atomic E-state index is 12.9. The lowest BCUT2D eigenvalue weighted by molar-refractivity contribution is -0.127. The first-order chi connectivity index (χ1) is 11.1. The SMILES string of the molecule is Nc1nccc(NC2CC(=O)N(CCc3ccc(F)cc3)C2)n1. The minimum atomic E-state index is -0.251. The number of halogens is 1. The van der Waals surface area contributed by atoms with Crippen LogP contribution in [0.25, 0.3) is 0 Å². The Labute approximate surface area is 133 Å². The molecule has 2 heterocycles. The van der Waals surface area contributed by atoms with E-state index >= 15 is 0 Å². The van der Waals surface area contributed by atoms with E-state index in [9.17, 15) is 9.18 Å². The quantitative estimate of drug-likeness (QED) is 0.872. The van der Waals surface area contributed by atoms with Crippen LogP contribution in [0.15, 0.2) is 36.5 Å². The lowest BCUT2D eigenvalue weighted by atomic mass is 10.1. The maximum Gasteiger partial charge on any atom is 0.224 e. The Hall–Kier alpha value is -2.70. The zero-order valence-electron chi connectivity index (χ0n) is 12.6. The smallest absolute Gasteiger partial charge is 0.224 e. The number of carbonyl (C=O) groups is 1. The van der Waals surface area contributed by atoms with E-state index in [4.69, 9.17) is 5.73 Å². The van der Waals surface area contributed by atoms with Gasteiger partial charge in [-0.1, -0.05) is 12.1 Å². The number of hydrogen-bond acceptors (Lipinski definition) is 5. The van der Waals surface area contributed by atoms with Crippen LogP contribution in [-0.2, 0) is 11.2 Å². The van der Waals surface area contributed by atoms with E-state index in [-0.39, 0.29) is 23.7 Å². The third kappa shape index (κ3) is 3.94. The van der Waals surface area contributed by atoms with Crippen molar-refractivity contribution in [2.24, 2.45) is 0 Å². The van der Waals surface area contributed by atoms with Crippen LogP contribution in [0.4, 0.5) is 16.2 Å². The average Bonchev–Trinajstić information content (AvgIpc) is 2.86. The molecule has 0 bridgehead atoms. The molecule has 1 aliphatic rings. The van der Waals surface area contributed by atoms with E-state index in [1.807, 2.05) is 4.90 Å². The number of aromatic nitrogens is 2. The van der Waals surface area contributed by atoms with Gasteiger partial charge in [-0.25, -0.2) is 9.37 Å². The fraction of sp³-hybridized carbons (Fsp3) is 0.312. The molecule has 7 heteroatoms. The monoisotopic (exact) mass is 315 g/mol. The van der Waals surface area contributed by atoms with E-state index in [0.29, 0.717) is 31.7 Å². The zero-order chi connectivity index (χ0) is 16.2. The lowest BCUT2D eigenvalue weighted by Gasteiger charge is -2.17. The van der Waals surface area contributed by atoms with Gasteiger partial charge in [0.2, 0.25) is 11.9 Å². The summed E-state index contributed by atoms with van der Waals surface area (Å²) in [4.78, 5) is 21.8. The van der Waals surface area contributed by atoms with Crippen molar-refractivity contribution in [3.8, 4) is 0 Å². The first kappa shape index (κ1) is 15.2. The van der Waals surface area contributed by atoms with Gasteiger partial charge in [0, 0.05) is 25.7 Å². The zero-order valence-corrected chi connectivity index (χ0v) is 12.6. The molecule has 1 saturated heterocycles. The van der Waals surface area contributed by atoms with Gasteiger partial charge in [-0.05, 0) is 30.2 Å². The molecule has 120 valence electrons. The van der Waals surface area contributed by atoms with Crippen LogP contribution in [0.2, 0.25) is 0 Å². The van der Waals surface area contributed by atoms with Crippen LogP contribution < -0.4 is 11.1 Å². The van der Waals surface area contributed by atoms with Crippen LogP contribution in [0, 0.1) is 5.82 Å². The van der Waals surface area contributed by atoms with Crippen LogP contribution in [-0.4, -0.2) is 39.9 Å². The molecule has 1 aromatic heterocycles. The van der Waals surface area contributed by atoms with Gasteiger partial charge in [0.15, 0.2) is 0 Å². The van der Waals surface area contributed by atoms with Crippen molar-refractivity contribution in [3.05, 3.63) is 47.9 Å². The van der Waals surface area contributed by atoms with Gasteiger partial charge in [-0.15, -0.1) is 0 Å². The predicted molar refractivity (Wildman–Crippen MR) is 85.2 cm³/mol. The number of nitrogens with zero attached hydrogens (tertiary/aromatic N) is 3. The minimum absolute atomic E-state index is 0.00465. The number of nitrogens with one attached hydrogen (secondary N) is 1. The fourth-order valence-electron chi connectivity index (χ4n) is 2.66. The van der Waals surface area contributed by atoms with Crippen molar-refractivity contribution in [1.29, 1.82) is 0 Å². The van der Waals surface area contributed by atoms with E-state index in [2.05, 4.69) is 15.3 Å². The van der Waals surface area contributed by atoms with Crippen molar-refractivity contribution >= 4 is 17.7 Å². The van der Waals surface area contributed by atoms with E-state index in [1.54, 1.807) is 24.4 Å². The second kappa shape index (κ2) is 6.60. The minimum Gasteiger partial charge on any atom is -0.368 e. The lowest BCUT2D eigenvalue weighted by Crippen LogP contribution is -2.30. The first-order valence-corrected chi connectivity index (χ1v) is 7.47. The normalized spacial score (nSPS) is 17.5. The van der Waals surface area contributed by atoms with Gasteiger partial charge in [-0.3, -0.25) is 4.79 Å². The number of carbonyl (C=O) groups excluding carboxylic acids is 1. The summed E-state index contributed by atoms with van der Waals surface area (Å²) in [6.45, 7) is 1.23. The summed E-state index contributed by atoms with van der Waals surface area (Å²) < 4.78 is 12.9. The molecule has 3 N–H and O–H groups in total. The van der Waals surface area contributed by atoms with E-state index in [0.717, 1.165) is 5.56 Å². The largest absolute Gasteiger partial charge is 0.368 e. The Morgan fingerprint density at radius 2 is 2.09 bits per heavy atom. The molecule has 1 amide bonds. The van der Waals surface area contributed by atoms with Crippen LogP contribution >= 0.6 is 0 Å². The van der Waals surface area contributed by atoms with E-state index < -0.39 is 0 Å². The molecule has 1 aromatic carbocycles. The average molecular weight is 315 g/mol. The standard InChI is InChI=1S/C16H18FN5O/c17-12-3-1-11(2-4-12)6-8-22-10-13(9-15(22)23)20-14-5-7-19-16(18)21-14/h1-5,7,13H,6,8-10H2,(H3,18,19,20,21). The number of amides is 1. The Morgan fingerprint density at radius 1 is 1.30 bits per heavy atom. The second-order valence-electron chi connectivity index (χ2n) is 5.56. The number of anilines is 2. The number of hydrogen-bond donors (Lipinski definition) is 2. The number of rotatable bonds is 5. The highest BCUT2D eigenvalue weighted by Crippen LogP contribution is 2.16. The number of nitrogen functional groups attached to an aromatic ring is 1. The van der Waals surface area contributed by atoms with Crippen molar-refractivity contribution in [3.63, 3.8) is 0 Å². The van der Waals surface area contributed by atoms with E-state index in [1.165, 1.54) is 12.1 Å². The number of benzene rings is 1. The highest BCUT2D eigenvalue weighted by atomic mass is 19.1. The van der Waals surface area contributed by atoms with Gasteiger partial charge < -0.3 is 16.0 Å². The van der Waals surface area contributed by atoms with Crippen LogP contribution in [0.5, 0.6) is 0 Å². The third-order valence-electron chi connectivity index (χ3n) is 3.82. The number of likely N-dealkylation sites (tertiary alicyclic amines) is 1. The molecule has 0 aliphatic carbocycles. The summed E-state index contributed by atoms with van der Waals surface area (Å²) in [6.07, 6.45) is 2.71. The van der Waals surface area contributed by atoms with Gasteiger partial charge in [0.05, 0.1) is 6.04 Å². The third-order valence-corrected chi connectivity index (χ3v) is 3.82. The van der Waals surface area contributed by atoms with Crippen molar-refractivity contribution in [1.82, 2.24) is 14.9 Å². The fourth-order valence-corrected chi connectivity index (χ4v) is 2.66. The van der Waals surface area contributed by atoms with Crippen molar-refractivity contribution in [2.45, 2.75) is 18.9 Å². The molecule has 2 aromatic rings. The highest BCUT2D eigenvalue weighted by molar-refractivity contribution is 5.80. The summed E-state index contributed by atoms with van der Waals surface area (Å²) in [5.74, 6) is 0.675. The second-order valence-corrected chi connectivity index (χ2v) is 5.56. The molecular formula is C16H18FN5O.